The Labute approximate surface area is 211 Å². The van der Waals surface area contributed by atoms with Gasteiger partial charge in [-0.3, -0.25) is 19.3 Å². The van der Waals surface area contributed by atoms with E-state index in [1.807, 2.05) is 30.3 Å². The number of anilines is 2. The molecule has 34 heavy (non-hydrogen) atoms. The predicted octanol–water partition coefficient (Wildman–Crippen LogP) is 5.72. The molecule has 172 valence electrons. The number of carbonyl (C=O) groups is 3. The number of hydrogen-bond donors (Lipinski definition) is 2. The number of hydrogen-bond acceptors (Lipinski definition) is 4. The summed E-state index contributed by atoms with van der Waals surface area (Å²) in [6.45, 7) is 0.204. The van der Waals surface area contributed by atoms with E-state index in [4.69, 9.17) is 34.8 Å². The molecule has 0 aliphatic carbocycles. The van der Waals surface area contributed by atoms with Crippen LogP contribution in [-0.2, 0) is 16.0 Å². The smallest absolute Gasteiger partial charge is 0.278 e. The van der Waals surface area contributed by atoms with Gasteiger partial charge in [0.2, 0.25) is 0 Å². The maximum Gasteiger partial charge on any atom is 0.278 e. The molecule has 3 aromatic rings. The number of amides is 3. The number of carbonyl (C=O) groups excluding carboxylic acids is 3. The van der Waals surface area contributed by atoms with Gasteiger partial charge in [-0.1, -0.05) is 71.2 Å². The lowest BCUT2D eigenvalue weighted by Gasteiger charge is -2.15. The minimum Gasteiger partial charge on any atom is -0.350 e. The number of rotatable bonds is 7. The lowest BCUT2D eigenvalue weighted by molar-refractivity contribution is -0.137. The van der Waals surface area contributed by atoms with Gasteiger partial charge < -0.3 is 10.6 Å². The third kappa shape index (κ3) is 5.25. The van der Waals surface area contributed by atoms with E-state index in [0.29, 0.717) is 33.4 Å². The molecule has 1 heterocycles. The van der Waals surface area contributed by atoms with Crippen molar-refractivity contribution in [2.45, 2.75) is 6.42 Å². The summed E-state index contributed by atoms with van der Waals surface area (Å²) in [6, 6.07) is 20.8. The van der Waals surface area contributed by atoms with Crippen molar-refractivity contribution in [2.75, 3.05) is 17.2 Å². The summed E-state index contributed by atoms with van der Waals surface area (Å²) < 4.78 is 0. The third-order valence-electron chi connectivity index (χ3n) is 5.15. The predicted molar refractivity (Wildman–Crippen MR) is 134 cm³/mol. The molecule has 6 nitrogen and oxygen atoms in total. The molecule has 0 radical (unpaired) electrons. The fourth-order valence-corrected chi connectivity index (χ4v) is 3.93. The Bertz CT molecular complexity index is 1310. The van der Waals surface area contributed by atoms with Crippen LogP contribution in [0.3, 0.4) is 0 Å². The topological polar surface area (TPSA) is 78.5 Å². The summed E-state index contributed by atoms with van der Waals surface area (Å²) in [5.74, 6) is -1.46. The molecule has 0 unspecified atom stereocenters. The van der Waals surface area contributed by atoms with Gasteiger partial charge in [0.15, 0.2) is 0 Å². The molecule has 0 saturated carbocycles. The van der Waals surface area contributed by atoms with Gasteiger partial charge in [0.1, 0.15) is 10.7 Å². The second kappa shape index (κ2) is 10.3. The average Bonchev–Trinajstić information content (AvgIpc) is 3.04. The van der Waals surface area contributed by atoms with Crippen molar-refractivity contribution >= 4 is 63.9 Å². The zero-order chi connectivity index (χ0) is 24.2. The van der Waals surface area contributed by atoms with E-state index >= 15 is 0 Å². The molecule has 4 rings (SSSR count). The van der Waals surface area contributed by atoms with Gasteiger partial charge in [0.25, 0.3) is 17.7 Å². The van der Waals surface area contributed by atoms with E-state index in [2.05, 4.69) is 10.6 Å². The molecule has 0 atom stereocenters. The highest BCUT2D eigenvalue weighted by atomic mass is 35.5. The van der Waals surface area contributed by atoms with Crippen LogP contribution in [0.4, 0.5) is 11.4 Å². The number of halogens is 3. The highest BCUT2D eigenvalue weighted by molar-refractivity contribution is 6.48. The first kappa shape index (κ1) is 23.8. The third-order valence-corrected chi connectivity index (χ3v) is 6.24. The average molecular weight is 515 g/mol. The summed E-state index contributed by atoms with van der Waals surface area (Å²) in [7, 11) is 0. The minimum atomic E-state index is -0.557. The molecule has 3 aromatic carbocycles. The van der Waals surface area contributed by atoms with Crippen LogP contribution in [0, 0.1) is 0 Å². The van der Waals surface area contributed by atoms with Crippen LogP contribution in [0.25, 0.3) is 0 Å². The van der Waals surface area contributed by atoms with Crippen molar-refractivity contribution in [3.63, 3.8) is 0 Å². The molecule has 0 bridgehead atoms. The summed E-state index contributed by atoms with van der Waals surface area (Å²) in [4.78, 5) is 39.2. The molecule has 1 aliphatic heterocycles. The molecule has 3 amide bonds. The van der Waals surface area contributed by atoms with Gasteiger partial charge in [-0.15, -0.1) is 0 Å². The first-order valence-corrected chi connectivity index (χ1v) is 11.4. The summed E-state index contributed by atoms with van der Waals surface area (Å²) >= 11 is 18.1. The molecule has 0 aromatic heterocycles. The van der Waals surface area contributed by atoms with Crippen LogP contribution in [0.5, 0.6) is 0 Å². The van der Waals surface area contributed by atoms with Crippen LogP contribution in [0.2, 0.25) is 10.0 Å². The van der Waals surface area contributed by atoms with E-state index in [1.54, 1.807) is 42.5 Å². The lowest BCUT2D eigenvalue weighted by Crippen LogP contribution is -2.34. The largest absolute Gasteiger partial charge is 0.350 e. The molecule has 0 saturated heterocycles. The number of imide groups is 1. The standard InChI is InChI=1S/C25H18Cl3N3O3/c26-19-10-9-18(14-20(19)27)30-23(32)16-7-4-8-17(13-16)29-22-21(28)24(33)31(25(22)34)12-11-15-5-2-1-3-6-15/h1-10,13-14,29H,11-12H2,(H,30,32). The Morgan fingerprint density at radius 3 is 2.29 bits per heavy atom. The van der Waals surface area contributed by atoms with Crippen molar-refractivity contribution in [3.05, 3.63) is 105 Å². The number of benzene rings is 3. The second-order valence-electron chi connectivity index (χ2n) is 7.48. The molecule has 9 heteroatoms. The van der Waals surface area contributed by atoms with Gasteiger partial charge in [-0.05, 0) is 48.4 Å². The first-order chi connectivity index (χ1) is 16.3. The van der Waals surface area contributed by atoms with Crippen LogP contribution in [0.1, 0.15) is 15.9 Å². The van der Waals surface area contributed by atoms with Gasteiger partial charge in [0.05, 0.1) is 10.0 Å². The molecular formula is C25H18Cl3N3O3. The molecule has 2 N–H and O–H groups in total. The summed E-state index contributed by atoms with van der Waals surface area (Å²) in [6.07, 6.45) is 0.514. The fourth-order valence-electron chi connectivity index (χ4n) is 3.40. The van der Waals surface area contributed by atoms with E-state index in [1.165, 1.54) is 0 Å². The maximum absolute atomic E-state index is 12.9. The fraction of sp³-hybridized carbons (Fsp3) is 0.0800. The van der Waals surface area contributed by atoms with Gasteiger partial charge >= 0.3 is 0 Å². The van der Waals surface area contributed by atoms with Gasteiger partial charge in [0, 0.05) is 23.5 Å². The highest BCUT2D eigenvalue weighted by Crippen LogP contribution is 2.27. The number of nitrogens with one attached hydrogen (secondary N) is 2. The second-order valence-corrected chi connectivity index (χ2v) is 8.67. The van der Waals surface area contributed by atoms with Crippen LogP contribution in [0.15, 0.2) is 83.5 Å². The van der Waals surface area contributed by atoms with Gasteiger partial charge in [-0.2, -0.15) is 0 Å². The number of nitrogens with zero attached hydrogens (tertiary/aromatic N) is 1. The quantitative estimate of drug-likeness (QED) is 0.395. The van der Waals surface area contributed by atoms with Crippen molar-refractivity contribution in [3.8, 4) is 0 Å². The van der Waals surface area contributed by atoms with Crippen LogP contribution >= 0.6 is 34.8 Å². The van der Waals surface area contributed by atoms with E-state index in [0.717, 1.165) is 10.5 Å². The van der Waals surface area contributed by atoms with Gasteiger partial charge in [-0.25, -0.2) is 0 Å². The molecule has 0 spiro atoms. The van der Waals surface area contributed by atoms with E-state index in [-0.39, 0.29) is 23.2 Å². The van der Waals surface area contributed by atoms with Crippen LogP contribution in [-0.4, -0.2) is 29.2 Å². The Hall–Kier alpha value is -3.32. The Morgan fingerprint density at radius 2 is 1.56 bits per heavy atom. The van der Waals surface area contributed by atoms with Crippen molar-refractivity contribution in [2.24, 2.45) is 0 Å². The van der Waals surface area contributed by atoms with Crippen molar-refractivity contribution in [1.82, 2.24) is 4.90 Å². The monoisotopic (exact) mass is 513 g/mol. The van der Waals surface area contributed by atoms with Crippen molar-refractivity contribution in [1.29, 1.82) is 0 Å². The Morgan fingerprint density at radius 1 is 0.794 bits per heavy atom. The maximum atomic E-state index is 12.9. The van der Waals surface area contributed by atoms with E-state index < -0.39 is 11.8 Å². The zero-order valence-corrected chi connectivity index (χ0v) is 19.9. The van der Waals surface area contributed by atoms with E-state index in [9.17, 15) is 14.4 Å². The zero-order valence-electron chi connectivity index (χ0n) is 17.6. The summed E-state index contributed by atoms with van der Waals surface area (Å²) in [5.41, 5.74) is 2.21. The molecular weight excluding hydrogens is 497 g/mol. The molecule has 0 fully saturated rings. The molecule has 1 aliphatic rings. The Balaban J connectivity index is 1.45. The van der Waals surface area contributed by atoms with Crippen molar-refractivity contribution < 1.29 is 14.4 Å². The highest BCUT2D eigenvalue weighted by Gasteiger charge is 2.37. The Kier molecular flexibility index (Phi) is 7.22. The minimum absolute atomic E-state index is 0.0261. The first-order valence-electron chi connectivity index (χ1n) is 10.3. The summed E-state index contributed by atoms with van der Waals surface area (Å²) in [5, 5.41) is 6.13. The van der Waals surface area contributed by atoms with Crippen LogP contribution < -0.4 is 10.6 Å². The lowest BCUT2D eigenvalue weighted by atomic mass is 10.1. The normalized spacial score (nSPS) is 13.4. The SMILES string of the molecule is O=C(Nc1ccc(Cl)c(Cl)c1)c1cccc(NC2=C(Cl)C(=O)N(CCc3ccccc3)C2=O)c1.